The van der Waals surface area contributed by atoms with Gasteiger partial charge in [0.15, 0.2) is 0 Å². The Balaban J connectivity index is 1.53. The monoisotopic (exact) mass is 400 g/mol. The Morgan fingerprint density at radius 2 is 2.07 bits per heavy atom. The standard InChI is InChI=1S/C19H14ClFN4OS/c1-25-16-7-6-12(20)9-14(16)23-19(25)24-18(26)15-10-27-17(22-15)8-11-4-2-3-5-13(11)21/h2-7,9-10H,8H2,1H3,(H,23,24,26). The molecular weight excluding hydrogens is 387 g/mol. The largest absolute Gasteiger partial charge is 0.313 e. The molecule has 2 heterocycles. The normalized spacial score (nSPS) is 11.1. The summed E-state index contributed by atoms with van der Waals surface area (Å²) in [6.45, 7) is 0. The summed E-state index contributed by atoms with van der Waals surface area (Å²) in [5.74, 6) is -0.242. The number of nitrogens with one attached hydrogen (secondary N) is 1. The predicted molar refractivity (Wildman–Crippen MR) is 105 cm³/mol. The minimum Gasteiger partial charge on any atom is -0.313 e. The van der Waals surface area contributed by atoms with Gasteiger partial charge in [-0.15, -0.1) is 11.3 Å². The Bertz CT molecular complexity index is 1150. The summed E-state index contributed by atoms with van der Waals surface area (Å²) < 4.78 is 15.6. The van der Waals surface area contributed by atoms with Crippen LogP contribution in [0.15, 0.2) is 47.8 Å². The van der Waals surface area contributed by atoms with E-state index < -0.39 is 0 Å². The molecule has 0 saturated carbocycles. The fraction of sp³-hybridized carbons (Fsp3) is 0.105. The van der Waals surface area contributed by atoms with Gasteiger partial charge in [0.05, 0.1) is 16.0 Å². The molecule has 0 aliphatic heterocycles. The number of amides is 1. The maximum Gasteiger partial charge on any atom is 0.277 e. The van der Waals surface area contributed by atoms with Gasteiger partial charge in [-0.3, -0.25) is 10.1 Å². The molecule has 0 saturated heterocycles. The molecule has 0 aliphatic rings. The van der Waals surface area contributed by atoms with Crippen molar-refractivity contribution in [3.05, 3.63) is 74.9 Å². The Labute approximate surface area is 163 Å². The maximum atomic E-state index is 13.8. The topological polar surface area (TPSA) is 59.8 Å². The Morgan fingerprint density at radius 1 is 1.26 bits per heavy atom. The number of thiazole rings is 1. The SMILES string of the molecule is Cn1c(NC(=O)c2csc(Cc3ccccc3F)n2)nc2cc(Cl)ccc21. The van der Waals surface area contributed by atoms with Crippen LogP contribution in [0, 0.1) is 5.82 Å². The second-order valence-corrected chi connectivity index (χ2v) is 7.36. The van der Waals surface area contributed by atoms with Crippen LogP contribution >= 0.6 is 22.9 Å². The molecule has 0 spiro atoms. The van der Waals surface area contributed by atoms with E-state index in [-0.39, 0.29) is 17.4 Å². The molecule has 136 valence electrons. The highest BCUT2D eigenvalue weighted by Gasteiger charge is 2.16. The lowest BCUT2D eigenvalue weighted by Crippen LogP contribution is -2.15. The predicted octanol–water partition coefficient (Wildman–Crippen LogP) is 4.67. The van der Waals surface area contributed by atoms with E-state index in [9.17, 15) is 9.18 Å². The highest BCUT2D eigenvalue weighted by atomic mass is 35.5. The van der Waals surface area contributed by atoms with Gasteiger partial charge in [-0.2, -0.15) is 0 Å². The van der Waals surface area contributed by atoms with Gasteiger partial charge in [0.2, 0.25) is 5.95 Å². The fourth-order valence-electron chi connectivity index (χ4n) is 2.75. The lowest BCUT2D eigenvalue weighted by molar-refractivity contribution is 0.102. The van der Waals surface area contributed by atoms with E-state index in [0.717, 1.165) is 5.52 Å². The van der Waals surface area contributed by atoms with Crippen molar-refractivity contribution in [1.82, 2.24) is 14.5 Å². The van der Waals surface area contributed by atoms with Gasteiger partial charge in [-0.1, -0.05) is 29.8 Å². The van der Waals surface area contributed by atoms with E-state index >= 15 is 0 Å². The van der Waals surface area contributed by atoms with Gasteiger partial charge < -0.3 is 4.57 Å². The van der Waals surface area contributed by atoms with E-state index in [2.05, 4.69) is 15.3 Å². The molecule has 0 fully saturated rings. The van der Waals surface area contributed by atoms with E-state index in [1.54, 1.807) is 40.3 Å². The molecule has 5 nitrogen and oxygen atoms in total. The molecule has 27 heavy (non-hydrogen) atoms. The second-order valence-electron chi connectivity index (χ2n) is 5.98. The van der Waals surface area contributed by atoms with Gasteiger partial charge in [0.1, 0.15) is 11.5 Å². The first kappa shape index (κ1) is 17.6. The molecule has 0 unspecified atom stereocenters. The van der Waals surface area contributed by atoms with Gasteiger partial charge in [0, 0.05) is 23.9 Å². The highest BCUT2D eigenvalue weighted by Crippen LogP contribution is 2.23. The fourth-order valence-corrected chi connectivity index (χ4v) is 3.72. The number of rotatable bonds is 4. The molecule has 0 atom stereocenters. The van der Waals surface area contributed by atoms with Crippen molar-refractivity contribution in [2.75, 3.05) is 5.32 Å². The quantitative estimate of drug-likeness (QED) is 0.541. The summed E-state index contributed by atoms with van der Waals surface area (Å²) in [5, 5.41) is 5.67. The molecule has 8 heteroatoms. The number of carbonyl (C=O) groups is 1. The molecule has 1 amide bonds. The molecule has 0 radical (unpaired) electrons. The van der Waals surface area contributed by atoms with Crippen LogP contribution in [0.3, 0.4) is 0 Å². The third-order valence-electron chi connectivity index (χ3n) is 4.15. The number of halogens is 2. The van der Waals surface area contributed by atoms with Crippen LogP contribution in [-0.4, -0.2) is 20.4 Å². The molecule has 4 rings (SSSR count). The van der Waals surface area contributed by atoms with Crippen molar-refractivity contribution in [1.29, 1.82) is 0 Å². The molecule has 1 N–H and O–H groups in total. The maximum absolute atomic E-state index is 13.8. The first-order valence-corrected chi connectivity index (χ1v) is 9.38. The summed E-state index contributed by atoms with van der Waals surface area (Å²) >= 11 is 7.31. The van der Waals surface area contributed by atoms with E-state index in [1.807, 2.05) is 13.1 Å². The molecule has 0 bridgehead atoms. The molecule has 0 aliphatic carbocycles. The number of aryl methyl sites for hydroxylation is 1. The number of aromatic nitrogens is 3. The van der Waals surface area contributed by atoms with E-state index in [4.69, 9.17) is 11.6 Å². The molecule has 2 aromatic carbocycles. The average Bonchev–Trinajstić information content (AvgIpc) is 3.22. The summed E-state index contributed by atoms with van der Waals surface area (Å²) in [5.41, 5.74) is 2.37. The minimum absolute atomic E-state index is 0.274. The average molecular weight is 401 g/mol. The van der Waals surface area contributed by atoms with Crippen molar-refractivity contribution < 1.29 is 9.18 Å². The molecule has 4 aromatic rings. The zero-order valence-electron chi connectivity index (χ0n) is 14.2. The van der Waals surface area contributed by atoms with Crippen molar-refractivity contribution >= 4 is 45.8 Å². The van der Waals surface area contributed by atoms with Crippen LogP contribution in [0.25, 0.3) is 11.0 Å². The van der Waals surface area contributed by atoms with E-state index in [0.29, 0.717) is 33.5 Å². The van der Waals surface area contributed by atoms with Crippen molar-refractivity contribution in [2.45, 2.75) is 6.42 Å². The van der Waals surface area contributed by atoms with Crippen LogP contribution in [0.5, 0.6) is 0 Å². The van der Waals surface area contributed by atoms with Gasteiger partial charge in [-0.05, 0) is 29.8 Å². The Hall–Kier alpha value is -2.77. The van der Waals surface area contributed by atoms with Crippen LogP contribution < -0.4 is 5.32 Å². The first-order chi connectivity index (χ1) is 13.0. The highest BCUT2D eigenvalue weighted by molar-refractivity contribution is 7.09. The number of benzene rings is 2. The number of imidazole rings is 1. The van der Waals surface area contributed by atoms with E-state index in [1.165, 1.54) is 17.4 Å². The molecular formula is C19H14ClFN4OS. The smallest absolute Gasteiger partial charge is 0.277 e. The zero-order chi connectivity index (χ0) is 19.0. The number of hydrogen-bond donors (Lipinski definition) is 1. The third-order valence-corrected chi connectivity index (χ3v) is 5.24. The van der Waals surface area contributed by atoms with Gasteiger partial charge >= 0.3 is 0 Å². The van der Waals surface area contributed by atoms with Crippen molar-refractivity contribution in [2.24, 2.45) is 7.05 Å². The Morgan fingerprint density at radius 3 is 2.89 bits per heavy atom. The second kappa shape index (κ2) is 7.09. The number of anilines is 1. The minimum atomic E-state index is -0.365. The summed E-state index contributed by atoms with van der Waals surface area (Å²) in [7, 11) is 1.81. The van der Waals surface area contributed by atoms with Crippen LogP contribution in [0.4, 0.5) is 10.3 Å². The zero-order valence-corrected chi connectivity index (χ0v) is 15.8. The summed E-state index contributed by atoms with van der Waals surface area (Å²) in [6, 6.07) is 11.9. The number of nitrogens with zero attached hydrogens (tertiary/aromatic N) is 3. The lowest BCUT2D eigenvalue weighted by Gasteiger charge is -2.03. The number of hydrogen-bond acceptors (Lipinski definition) is 4. The van der Waals surface area contributed by atoms with Gasteiger partial charge in [-0.25, -0.2) is 14.4 Å². The van der Waals surface area contributed by atoms with Crippen LogP contribution in [-0.2, 0) is 13.5 Å². The summed E-state index contributed by atoms with van der Waals surface area (Å²) in [6.07, 6.45) is 0.343. The molecule has 2 aromatic heterocycles. The van der Waals surface area contributed by atoms with Gasteiger partial charge in [0.25, 0.3) is 5.91 Å². The number of carbonyl (C=O) groups excluding carboxylic acids is 1. The van der Waals surface area contributed by atoms with Crippen molar-refractivity contribution in [3.63, 3.8) is 0 Å². The number of fused-ring (bicyclic) bond motifs is 1. The third kappa shape index (κ3) is 3.56. The van der Waals surface area contributed by atoms with Crippen LogP contribution in [0.2, 0.25) is 5.02 Å². The summed E-state index contributed by atoms with van der Waals surface area (Å²) in [4.78, 5) is 21.2. The van der Waals surface area contributed by atoms with Crippen LogP contribution in [0.1, 0.15) is 21.1 Å². The Kier molecular flexibility index (Phi) is 4.63. The first-order valence-electron chi connectivity index (χ1n) is 8.12. The lowest BCUT2D eigenvalue weighted by atomic mass is 10.1. The van der Waals surface area contributed by atoms with Crippen molar-refractivity contribution in [3.8, 4) is 0 Å².